The van der Waals surface area contributed by atoms with Gasteiger partial charge in [0.05, 0.1) is 17.6 Å². The third kappa shape index (κ3) is 3.55. The highest BCUT2D eigenvalue weighted by atomic mass is 32.1. The number of nitrogens with zero attached hydrogens (tertiary/aromatic N) is 1. The van der Waals surface area contributed by atoms with E-state index in [9.17, 15) is 18.9 Å². The molecule has 0 N–H and O–H groups in total. The van der Waals surface area contributed by atoms with E-state index in [1.165, 1.54) is 0 Å². The molecule has 0 saturated carbocycles. The molecule has 94 valence electrons. The summed E-state index contributed by atoms with van der Waals surface area (Å²) in [7, 11) is 0. The summed E-state index contributed by atoms with van der Waals surface area (Å²) < 4.78 is 31.5. The van der Waals surface area contributed by atoms with Crippen LogP contribution in [0.15, 0.2) is 12.1 Å². The molecule has 1 atom stereocenters. The first-order valence-electron chi connectivity index (χ1n) is 4.82. The minimum absolute atomic E-state index is 0.0657. The summed E-state index contributed by atoms with van der Waals surface area (Å²) >= 11 is 4.01. The van der Waals surface area contributed by atoms with Crippen molar-refractivity contribution >= 4 is 18.3 Å². The molecule has 1 rings (SSSR count). The van der Waals surface area contributed by atoms with Crippen molar-refractivity contribution in [1.82, 2.24) is 0 Å². The van der Waals surface area contributed by atoms with Crippen LogP contribution in [-0.2, 0) is 0 Å². The van der Waals surface area contributed by atoms with Gasteiger partial charge in [0.2, 0.25) is 5.82 Å². The Morgan fingerprint density at radius 2 is 2.12 bits per heavy atom. The number of hydrogen-bond donors (Lipinski definition) is 1. The number of halogens is 2. The maximum Gasteiger partial charge on any atom is 0.307 e. The Morgan fingerprint density at radius 3 is 2.65 bits per heavy atom. The van der Waals surface area contributed by atoms with E-state index in [0.29, 0.717) is 17.9 Å². The Bertz CT molecular complexity index is 428. The smallest absolute Gasteiger partial charge is 0.307 e. The van der Waals surface area contributed by atoms with E-state index in [0.717, 1.165) is 0 Å². The molecule has 0 heterocycles. The number of thiol groups is 1. The number of benzene rings is 1. The second kappa shape index (κ2) is 5.81. The monoisotopic (exact) mass is 263 g/mol. The molecular weight excluding hydrogens is 252 g/mol. The van der Waals surface area contributed by atoms with E-state index in [1.807, 2.05) is 6.92 Å². The predicted octanol–water partition coefficient (Wildman–Crippen LogP) is 2.82. The van der Waals surface area contributed by atoms with Crippen LogP contribution in [0.2, 0.25) is 0 Å². The highest BCUT2D eigenvalue weighted by Gasteiger charge is 2.19. The minimum atomic E-state index is -1.12. The molecule has 0 fully saturated rings. The Kier molecular flexibility index (Phi) is 4.68. The molecule has 0 amide bonds. The highest BCUT2D eigenvalue weighted by Crippen LogP contribution is 2.26. The third-order valence-electron chi connectivity index (χ3n) is 2.03. The van der Waals surface area contributed by atoms with Gasteiger partial charge >= 0.3 is 5.69 Å². The largest absolute Gasteiger partial charge is 0.490 e. The average molecular weight is 263 g/mol. The fourth-order valence-corrected chi connectivity index (χ4v) is 1.16. The summed E-state index contributed by atoms with van der Waals surface area (Å²) in [5, 5.41) is 10.3. The number of ether oxygens (including phenoxy) is 1. The first kappa shape index (κ1) is 13.7. The lowest BCUT2D eigenvalue weighted by Gasteiger charge is -2.11. The maximum absolute atomic E-state index is 13.3. The topological polar surface area (TPSA) is 52.4 Å². The summed E-state index contributed by atoms with van der Waals surface area (Å²) in [4.78, 5) is 9.36. The molecule has 17 heavy (non-hydrogen) atoms. The molecule has 0 bridgehead atoms. The van der Waals surface area contributed by atoms with Gasteiger partial charge in [-0.3, -0.25) is 10.1 Å². The van der Waals surface area contributed by atoms with E-state index in [2.05, 4.69) is 12.6 Å². The summed E-state index contributed by atoms with van der Waals surface area (Å²) in [6, 6.07) is 1.19. The van der Waals surface area contributed by atoms with Crippen LogP contribution < -0.4 is 4.74 Å². The van der Waals surface area contributed by atoms with Crippen molar-refractivity contribution < 1.29 is 18.4 Å². The second-order valence-corrected chi connectivity index (χ2v) is 3.96. The molecule has 0 aromatic heterocycles. The summed E-state index contributed by atoms with van der Waals surface area (Å²) in [5.74, 6) is -1.80. The molecule has 0 aliphatic heterocycles. The van der Waals surface area contributed by atoms with Gasteiger partial charge in [0, 0.05) is 6.07 Å². The zero-order valence-electron chi connectivity index (χ0n) is 9.02. The van der Waals surface area contributed by atoms with Crippen LogP contribution in [0, 0.1) is 27.7 Å². The Morgan fingerprint density at radius 1 is 1.47 bits per heavy atom. The van der Waals surface area contributed by atoms with Gasteiger partial charge in [-0.15, -0.1) is 0 Å². The number of hydrogen-bond acceptors (Lipinski definition) is 4. The molecule has 1 aromatic carbocycles. The first-order valence-corrected chi connectivity index (χ1v) is 5.46. The fraction of sp³-hybridized carbons (Fsp3) is 0.400. The third-order valence-corrected chi connectivity index (χ3v) is 2.66. The van der Waals surface area contributed by atoms with Crippen molar-refractivity contribution in [1.29, 1.82) is 0 Å². The summed E-state index contributed by atoms with van der Waals surface area (Å²) in [5.41, 5.74) is -0.905. The highest BCUT2D eigenvalue weighted by molar-refractivity contribution is 7.80. The normalized spacial score (nSPS) is 12.2. The first-order chi connectivity index (χ1) is 7.95. The van der Waals surface area contributed by atoms with Crippen LogP contribution in [0.1, 0.15) is 6.92 Å². The molecule has 0 aliphatic rings. The van der Waals surface area contributed by atoms with Crippen molar-refractivity contribution in [2.45, 2.75) is 6.92 Å². The van der Waals surface area contributed by atoms with Gasteiger partial charge in [0.25, 0.3) is 0 Å². The van der Waals surface area contributed by atoms with E-state index in [4.69, 9.17) is 4.74 Å². The van der Waals surface area contributed by atoms with E-state index >= 15 is 0 Å². The van der Waals surface area contributed by atoms with Gasteiger partial charge in [-0.05, 0) is 11.7 Å². The van der Waals surface area contributed by atoms with E-state index < -0.39 is 22.2 Å². The molecule has 0 saturated heterocycles. The van der Waals surface area contributed by atoms with Gasteiger partial charge in [-0.1, -0.05) is 6.92 Å². The van der Waals surface area contributed by atoms with Crippen molar-refractivity contribution in [2.24, 2.45) is 5.92 Å². The summed E-state index contributed by atoms with van der Waals surface area (Å²) in [6.45, 7) is 1.99. The van der Waals surface area contributed by atoms with Gasteiger partial charge < -0.3 is 4.74 Å². The van der Waals surface area contributed by atoms with Crippen LogP contribution in [0.3, 0.4) is 0 Å². The predicted molar refractivity (Wildman–Crippen MR) is 61.5 cm³/mol. The van der Waals surface area contributed by atoms with E-state index in [-0.39, 0.29) is 18.3 Å². The summed E-state index contributed by atoms with van der Waals surface area (Å²) in [6.07, 6.45) is 0. The van der Waals surface area contributed by atoms with Gasteiger partial charge in [0.15, 0.2) is 11.6 Å². The molecule has 0 radical (unpaired) electrons. The molecular formula is C10H11F2NO3S. The maximum atomic E-state index is 13.3. The van der Waals surface area contributed by atoms with Crippen LogP contribution in [0.4, 0.5) is 14.5 Å². The van der Waals surface area contributed by atoms with Gasteiger partial charge in [-0.2, -0.15) is 17.0 Å². The zero-order valence-corrected chi connectivity index (χ0v) is 9.92. The van der Waals surface area contributed by atoms with Crippen LogP contribution >= 0.6 is 12.6 Å². The minimum Gasteiger partial charge on any atom is -0.490 e. The van der Waals surface area contributed by atoms with Crippen molar-refractivity contribution in [3.63, 3.8) is 0 Å². The van der Waals surface area contributed by atoms with Crippen molar-refractivity contribution in [3.8, 4) is 5.75 Å². The standard InChI is InChI=1S/C10H11F2NO3S/c1-6(5-17)4-16-10-3-7(11)9(13(14)15)2-8(10)12/h2-3,6,17H,4-5H2,1H3. The molecule has 0 aliphatic carbocycles. The SMILES string of the molecule is CC(CS)COc1cc(F)c([N+](=O)[O-])cc1F. The van der Waals surface area contributed by atoms with Crippen LogP contribution in [-0.4, -0.2) is 17.3 Å². The van der Waals surface area contributed by atoms with Gasteiger partial charge in [0.1, 0.15) is 0 Å². The van der Waals surface area contributed by atoms with Gasteiger partial charge in [-0.25, -0.2) is 4.39 Å². The molecule has 1 aromatic rings. The van der Waals surface area contributed by atoms with E-state index in [1.54, 1.807) is 0 Å². The van der Waals surface area contributed by atoms with Crippen LogP contribution in [0.5, 0.6) is 5.75 Å². The number of nitro benzene ring substituents is 1. The number of nitro groups is 1. The lowest BCUT2D eigenvalue weighted by molar-refractivity contribution is -0.387. The lowest BCUT2D eigenvalue weighted by Crippen LogP contribution is -2.11. The Hall–Kier alpha value is -1.37. The van der Waals surface area contributed by atoms with Crippen molar-refractivity contribution in [3.05, 3.63) is 33.9 Å². The molecule has 7 heteroatoms. The quantitative estimate of drug-likeness (QED) is 0.505. The molecule has 0 spiro atoms. The van der Waals surface area contributed by atoms with Crippen molar-refractivity contribution in [2.75, 3.05) is 12.4 Å². The number of rotatable bonds is 5. The lowest BCUT2D eigenvalue weighted by atomic mass is 10.2. The zero-order chi connectivity index (χ0) is 13.0. The van der Waals surface area contributed by atoms with Crippen LogP contribution in [0.25, 0.3) is 0 Å². The fourth-order valence-electron chi connectivity index (χ4n) is 1.05. The Balaban J connectivity index is 2.88. The second-order valence-electron chi connectivity index (χ2n) is 3.59. The Labute approximate surface area is 102 Å². The molecule has 1 unspecified atom stereocenters. The molecule has 4 nitrogen and oxygen atoms in total. The average Bonchev–Trinajstić information content (AvgIpc) is 2.28.